The topological polar surface area (TPSA) is 34.1 Å². The zero-order valence-corrected chi connectivity index (χ0v) is 6.03. The van der Waals surface area contributed by atoms with Crippen LogP contribution in [0.25, 0.3) is 0 Å². The van der Waals surface area contributed by atoms with Crippen molar-refractivity contribution in [3.63, 3.8) is 0 Å². The molecule has 0 fully saturated rings. The molecule has 0 aliphatic rings. The van der Waals surface area contributed by atoms with Gasteiger partial charge in [0.05, 0.1) is 0 Å². The highest BCUT2D eigenvalue weighted by Crippen LogP contribution is 2.26. The Kier molecular flexibility index (Phi) is 2.78. The number of carbonyl (C=O) groups is 2. The van der Waals surface area contributed by atoms with Gasteiger partial charge >= 0.3 is 6.18 Å². The molecule has 0 aliphatic heterocycles. The molecule has 0 bridgehead atoms. The summed E-state index contributed by atoms with van der Waals surface area (Å²) in [6, 6.07) is 0. The van der Waals surface area contributed by atoms with Gasteiger partial charge in [0.25, 0.3) is 0 Å². The highest BCUT2D eigenvalue weighted by atomic mass is 19.4. The lowest BCUT2D eigenvalue weighted by Gasteiger charge is -2.11. The summed E-state index contributed by atoms with van der Waals surface area (Å²) in [5.41, 5.74) is 0. The third-order valence-electron chi connectivity index (χ3n) is 1.23. The number of rotatable bonds is 2. The van der Waals surface area contributed by atoms with Crippen LogP contribution in [0, 0.1) is 5.92 Å². The van der Waals surface area contributed by atoms with Crippen LogP contribution in [0.2, 0.25) is 0 Å². The quantitative estimate of drug-likeness (QED) is 0.583. The van der Waals surface area contributed by atoms with Crippen molar-refractivity contribution in [2.75, 3.05) is 0 Å². The Balaban J connectivity index is 4.38. The number of ketones is 2. The van der Waals surface area contributed by atoms with Crippen molar-refractivity contribution >= 4 is 11.6 Å². The molecule has 0 aromatic heterocycles. The fraction of sp³-hybridized carbons (Fsp3) is 0.667. The molecule has 0 aliphatic carbocycles. The minimum atomic E-state index is -4.61. The Hall–Kier alpha value is -0.870. The van der Waals surface area contributed by atoms with Crippen molar-refractivity contribution in [2.24, 2.45) is 5.92 Å². The van der Waals surface area contributed by atoms with Gasteiger partial charge in [-0.1, -0.05) is 0 Å². The van der Waals surface area contributed by atoms with Crippen molar-refractivity contribution in [3.05, 3.63) is 0 Å². The van der Waals surface area contributed by atoms with Crippen LogP contribution in [0.1, 0.15) is 13.8 Å². The second-order valence-corrected chi connectivity index (χ2v) is 2.18. The van der Waals surface area contributed by atoms with E-state index in [2.05, 4.69) is 0 Å². The van der Waals surface area contributed by atoms with Crippen LogP contribution in [0.3, 0.4) is 0 Å². The van der Waals surface area contributed by atoms with Gasteiger partial charge in [-0.2, -0.15) is 13.2 Å². The lowest BCUT2D eigenvalue weighted by atomic mass is 10.0. The van der Waals surface area contributed by atoms with E-state index in [-0.39, 0.29) is 0 Å². The fourth-order valence-electron chi connectivity index (χ4n) is 0.454. The average Bonchev–Trinajstić information content (AvgIpc) is 1.82. The van der Waals surface area contributed by atoms with Crippen LogP contribution in [-0.4, -0.2) is 17.7 Å². The predicted octanol–water partition coefficient (Wildman–Crippen LogP) is 1.34. The minimum Gasteiger partial charge on any atom is -0.291 e. The number of halogens is 3. The van der Waals surface area contributed by atoms with Crippen molar-refractivity contribution in [1.82, 2.24) is 0 Å². The Morgan fingerprint density at radius 3 is 1.73 bits per heavy atom. The molecule has 0 aromatic carbocycles. The Bertz CT molecular complexity index is 183. The van der Waals surface area contributed by atoms with Crippen molar-refractivity contribution in [2.45, 2.75) is 20.0 Å². The smallest absolute Gasteiger partial charge is 0.291 e. The third kappa shape index (κ3) is 2.69. The van der Waals surface area contributed by atoms with Gasteiger partial charge in [0, 0.05) is 6.92 Å². The molecule has 5 heteroatoms. The molecule has 0 heterocycles. The largest absolute Gasteiger partial charge is 0.398 e. The van der Waals surface area contributed by atoms with Crippen molar-refractivity contribution in [1.29, 1.82) is 0 Å². The van der Waals surface area contributed by atoms with Crippen molar-refractivity contribution < 1.29 is 22.8 Å². The van der Waals surface area contributed by atoms with Gasteiger partial charge in [0.15, 0.2) is 5.78 Å². The second kappa shape index (κ2) is 3.02. The van der Waals surface area contributed by atoms with Gasteiger partial charge in [0.2, 0.25) is 5.78 Å². The molecular weight excluding hydrogens is 161 g/mol. The highest BCUT2D eigenvalue weighted by Gasteiger charge is 2.42. The van der Waals surface area contributed by atoms with Gasteiger partial charge in [-0.15, -0.1) is 0 Å². The summed E-state index contributed by atoms with van der Waals surface area (Å²) >= 11 is 0. The summed E-state index contributed by atoms with van der Waals surface area (Å²) in [6.45, 7) is 1.49. The van der Waals surface area contributed by atoms with Crippen LogP contribution in [-0.2, 0) is 9.59 Å². The molecule has 0 aromatic rings. The molecule has 0 spiro atoms. The zero-order chi connectivity index (χ0) is 9.23. The third-order valence-corrected chi connectivity index (χ3v) is 1.23. The molecule has 0 N–H and O–H groups in total. The number of alkyl halides is 3. The molecular formula is C6H7F3O2. The summed E-state index contributed by atoms with van der Waals surface area (Å²) in [5.74, 6) is -4.63. The van der Waals surface area contributed by atoms with Crippen LogP contribution in [0.5, 0.6) is 0 Å². The maximum Gasteiger partial charge on any atom is 0.398 e. The molecule has 0 saturated carbocycles. The summed E-state index contributed by atoms with van der Waals surface area (Å²) in [7, 11) is 0. The fourth-order valence-corrected chi connectivity index (χ4v) is 0.454. The summed E-state index contributed by atoms with van der Waals surface area (Å²) in [5, 5.41) is 0. The summed E-state index contributed by atoms with van der Waals surface area (Å²) in [6.07, 6.45) is -4.61. The molecule has 1 atom stereocenters. The van der Waals surface area contributed by atoms with Crippen molar-refractivity contribution in [3.8, 4) is 0 Å². The van der Waals surface area contributed by atoms with Crippen LogP contribution in [0.4, 0.5) is 13.2 Å². The number of hydrogen-bond donors (Lipinski definition) is 0. The maximum absolute atomic E-state index is 11.7. The SMILES string of the molecule is CC(=O)C(=O)C(C)C(F)(F)F. The van der Waals surface area contributed by atoms with E-state index in [1.807, 2.05) is 0 Å². The van der Waals surface area contributed by atoms with Gasteiger partial charge in [-0.25, -0.2) is 0 Å². The normalized spacial score (nSPS) is 14.3. The van der Waals surface area contributed by atoms with Gasteiger partial charge in [0.1, 0.15) is 5.92 Å². The van der Waals surface area contributed by atoms with Gasteiger partial charge in [-0.05, 0) is 6.92 Å². The highest BCUT2D eigenvalue weighted by molar-refractivity contribution is 6.37. The first-order valence-corrected chi connectivity index (χ1v) is 2.88. The van der Waals surface area contributed by atoms with E-state index >= 15 is 0 Å². The lowest BCUT2D eigenvalue weighted by molar-refractivity contribution is -0.179. The van der Waals surface area contributed by atoms with Crippen LogP contribution < -0.4 is 0 Å². The van der Waals surface area contributed by atoms with E-state index < -0.39 is 23.7 Å². The Morgan fingerprint density at radius 1 is 1.27 bits per heavy atom. The summed E-state index contributed by atoms with van der Waals surface area (Å²) < 4.78 is 35.1. The number of carbonyl (C=O) groups excluding carboxylic acids is 2. The second-order valence-electron chi connectivity index (χ2n) is 2.18. The average molecular weight is 168 g/mol. The molecule has 0 rings (SSSR count). The van der Waals surface area contributed by atoms with E-state index in [0.717, 1.165) is 6.92 Å². The first-order chi connectivity index (χ1) is 4.76. The number of Topliss-reactive ketones (excluding diaryl/α,β-unsaturated/α-hetero) is 2. The van der Waals surface area contributed by atoms with Crippen LogP contribution in [0.15, 0.2) is 0 Å². The molecule has 11 heavy (non-hydrogen) atoms. The number of hydrogen-bond acceptors (Lipinski definition) is 2. The first-order valence-electron chi connectivity index (χ1n) is 2.88. The molecule has 0 radical (unpaired) electrons. The van der Waals surface area contributed by atoms with Crippen LogP contribution >= 0.6 is 0 Å². The monoisotopic (exact) mass is 168 g/mol. The predicted molar refractivity (Wildman–Crippen MR) is 30.9 cm³/mol. The van der Waals surface area contributed by atoms with E-state index in [0.29, 0.717) is 6.92 Å². The van der Waals surface area contributed by atoms with E-state index in [9.17, 15) is 22.8 Å². The molecule has 64 valence electrons. The summed E-state index contributed by atoms with van der Waals surface area (Å²) in [4.78, 5) is 20.6. The zero-order valence-electron chi connectivity index (χ0n) is 6.03. The minimum absolute atomic E-state index is 0.670. The molecule has 0 amide bonds. The van der Waals surface area contributed by atoms with E-state index in [4.69, 9.17) is 0 Å². The molecule has 1 unspecified atom stereocenters. The Labute approximate surface area is 61.4 Å². The molecule has 0 saturated heterocycles. The first kappa shape index (κ1) is 10.1. The molecule has 2 nitrogen and oxygen atoms in total. The Morgan fingerprint density at radius 2 is 1.64 bits per heavy atom. The van der Waals surface area contributed by atoms with Gasteiger partial charge < -0.3 is 0 Å². The van der Waals surface area contributed by atoms with E-state index in [1.165, 1.54) is 0 Å². The van der Waals surface area contributed by atoms with E-state index in [1.54, 1.807) is 0 Å². The maximum atomic E-state index is 11.7. The van der Waals surface area contributed by atoms with Gasteiger partial charge in [-0.3, -0.25) is 9.59 Å². The standard InChI is InChI=1S/C6H7F3O2/c1-3(6(7,8)9)5(11)4(2)10/h3H,1-2H3. The lowest BCUT2D eigenvalue weighted by Crippen LogP contribution is -2.31.